The van der Waals surface area contributed by atoms with Crippen LogP contribution in [0, 0.1) is 5.92 Å². The van der Waals surface area contributed by atoms with Gasteiger partial charge in [0, 0.05) is 17.9 Å². The molecule has 1 atom stereocenters. The van der Waals surface area contributed by atoms with Gasteiger partial charge in [0.2, 0.25) is 11.8 Å². The summed E-state index contributed by atoms with van der Waals surface area (Å²) in [6.45, 7) is 4.63. The van der Waals surface area contributed by atoms with Crippen LogP contribution >= 0.6 is 0 Å². The lowest BCUT2D eigenvalue weighted by Gasteiger charge is -2.14. The molecule has 3 aromatic rings. The summed E-state index contributed by atoms with van der Waals surface area (Å²) in [6, 6.07) is 17.5. The van der Waals surface area contributed by atoms with E-state index >= 15 is 0 Å². The van der Waals surface area contributed by atoms with Gasteiger partial charge in [-0.2, -0.15) is 0 Å². The number of nitrogens with one attached hydrogen (secondary N) is 1. The van der Waals surface area contributed by atoms with E-state index < -0.39 is 0 Å². The Morgan fingerprint density at radius 1 is 1.10 bits per heavy atom. The highest BCUT2D eigenvalue weighted by Gasteiger charge is 2.21. The average Bonchev–Trinajstić information content (AvgIpc) is 3.57. The number of pyridine rings is 1. The highest BCUT2D eigenvalue weighted by atomic mass is 16.5. The zero-order chi connectivity index (χ0) is 20.2. The molecule has 0 radical (unpaired) electrons. The molecule has 2 aromatic carbocycles. The number of hydrogen-bond acceptors (Lipinski definition) is 4. The summed E-state index contributed by atoms with van der Waals surface area (Å²) >= 11 is 0. The van der Waals surface area contributed by atoms with Crippen LogP contribution in [-0.2, 0) is 4.79 Å². The van der Waals surface area contributed by atoms with E-state index in [0.29, 0.717) is 12.3 Å². The summed E-state index contributed by atoms with van der Waals surface area (Å²) in [4.78, 5) is 16.2. The van der Waals surface area contributed by atoms with Crippen LogP contribution in [0.15, 0.2) is 54.6 Å². The quantitative estimate of drug-likeness (QED) is 0.559. The van der Waals surface area contributed by atoms with Gasteiger partial charge in [0.15, 0.2) is 0 Å². The standard InChI is InChI=1S/C24H26N2O3/c1-3-23(27)25-16(2)18-6-12-22-19(14-18)7-13-24(26-22)29-21-10-8-20(9-11-21)28-15-17-4-5-17/h6-14,16-17H,3-5,15H2,1-2H3,(H,25,27). The lowest BCUT2D eigenvalue weighted by molar-refractivity contribution is -0.121. The van der Waals surface area contributed by atoms with E-state index in [1.54, 1.807) is 0 Å². The molecule has 1 aromatic heterocycles. The molecule has 150 valence electrons. The highest BCUT2D eigenvalue weighted by Crippen LogP contribution is 2.30. The first-order valence-corrected chi connectivity index (χ1v) is 10.2. The monoisotopic (exact) mass is 390 g/mol. The van der Waals surface area contributed by atoms with Gasteiger partial charge in [0.25, 0.3) is 0 Å². The molecular formula is C24H26N2O3. The minimum Gasteiger partial charge on any atom is -0.493 e. The van der Waals surface area contributed by atoms with E-state index in [2.05, 4.69) is 16.4 Å². The molecule has 1 saturated carbocycles. The van der Waals surface area contributed by atoms with E-state index in [1.807, 2.05) is 62.4 Å². The number of ether oxygens (including phenoxy) is 2. The van der Waals surface area contributed by atoms with Crippen LogP contribution in [0.3, 0.4) is 0 Å². The SMILES string of the molecule is CCC(=O)NC(C)c1ccc2nc(Oc3ccc(OCC4CC4)cc3)ccc2c1. The molecule has 4 rings (SSSR count). The zero-order valence-corrected chi connectivity index (χ0v) is 16.9. The molecule has 0 spiro atoms. The Bertz CT molecular complexity index is 997. The smallest absolute Gasteiger partial charge is 0.220 e. The number of hydrogen-bond donors (Lipinski definition) is 1. The first kappa shape index (κ1) is 19.2. The van der Waals surface area contributed by atoms with Crippen molar-refractivity contribution in [2.24, 2.45) is 5.92 Å². The predicted octanol–water partition coefficient (Wildman–Crippen LogP) is 5.40. The first-order chi connectivity index (χ1) is 14.1. The van der Waals surface area contributed by atoms with Crippen molar-refractivity contribution in [2.45, 2.75) is 39.2 Å². The van der Waals surface area contributed by atoms with Gasteiger partial charge in [-0.3, -0.25) is 4.79 Å². The van der Waals surface area contributed by atoms with Crippen LogP contribution in [-0.4, -0.2) is 17.5 Å². The molecule has 1 amide bonds. The van der Waals surface area contributed by atoms with Crippen LogP contribution in [0.5, 0.6) is 17.4 Å². The molecule has 0 saturated heterocycles. The molecule has 1 aliphatic rings. The van der Waals surface area contributed by atoms with Gasteiger partial charge in [-0.1, -0.05) is 13.0 Å². The Morgan fingerprint density at radius 3 is 2.59 bits per heavy atom. The fourth-order valence-corrected chi connectivity index (χ4v) is 3.10. The maximum Gasteiger partial charge on any atom is 0.220 e. The van der Waals surface area contributed by atoms with E-state index in [4.69, 9.17) is 9.47 Å². The molecule has 1 fully saturated rings. The van der Waals surface area contributed by atoms with E-state index in [1.165, 1.54) is 12.8 Å². The van der Waals surface area contributed by atoms with Gasteiger partial charge in [0.1, 0.15) is 11.5 Å². The number of carbonyl (C=O) groups excluding carboxylic acids is 1. The maximum absolute atomic E-state index is 11.6. The number of aromatic nitrogens is 1. The molecule has 1 N–H and O–H groups in total. The lowest BCUT2D eigenvalue weighted by Crippen LogP contribution is -2.25. The molecular weight excluding hydrogens is 364 g/mol. The lowest BCUT2D eigenvalue weighted by atomic mass is 10.1. The van der Waals surface area contributed by atoms with Gasteiger partial charge >= 0.3 is 0 Å². The molecule has 1 aliphatic carbocycles. The number of carbonyl (C=O) groups is 1. The van der Waals surface area contributed by atoms with Gasteiger partial charge in [0.05, 0.1) is 18.2 Å². The summed E-state index contributed by atoms with van der Waals surface area (Å²) in [5, 5.41) is 3.99. The summed E-state index contributed by atoms with van der Waals surface area (Å²) in [5.74, 6) is 2.92. The third-order valence-electron chi connectivity index (χ3n) is 5.12. The second kappa shape index (κ2) is 8.52. The molecule has 1 heterocycles. The Kier molecular flexibility index (Phi) is 5.65. The Labute approximate surface area is 171 Å². The van der Waals surface area contributed by atoms with Crippen LogP contribution in [0.4, 0.5) is 0 Å². The number of fused-ring (bicyclic) bond motifs is 1. The summed E-state index contributed by atoms with van der Waals surface area (Å²) in [5.41, 5.74) is 1.90. The average molecular weight is 390 g/mol. The number of nitrogens with zero attached hydrogens (tertiary/aromatic N) is 1. The first-order valence-electron chi connectivity index (χ1n) is 10.2. The minimum atomic E-state index is -0.0385. The zero-order valence-electron chi connectivity index (χ0n) is 16.9. The summed E-state index contributed by atoms with van der Waals surface area (Å²) in [7, 11) is 0. The minimum absolute atomic E-state index is 0.0385. The molecule has 29 heavy (non-hydrogen) atoms. The van der Waals surface area contributed by atoms with Crippen LogP contribution in [0.2, 0.25) is 0 Å². The Balaban J connectivity index is 1.43. The van der Waals surface area contributed by atoms with E-state index in [-0.39, 0.29) is 11.9 Å². The third-order valence-corrected chi connectivity index (χ3v) is 5.12. The molecule has 5 nitrogen and oxygen atoms in total. The summed E-state index contributed by atoms with van der Waals surface area (Å²) < 4.78 is 11.7. The third kappa shape index (κ3) is 5.05. The highest BCUT2D eigenvalue weighted by molar-refractivity contribution is 5.80. The van der Waals surface area contributed by atoms with Crippen molar-refractivity contribution in [3.63, 3.8) is 0 Å². The summed E-state index contributed by atoms with van der Waals surface area (Å²) in [6.07, 6.45) is 3.04. The largest absolute Gasteiger partial charge is 0.493 e. The van der Waals surface area contributed by atoms with Gasteiger partial charge < -0.3 is 14.8 Å². The normalized spacial score (nSPS) is 14.4. The van der Waals surface area contributed by atoms with Crippen molar-refractivity contribution >= 4 is 16.8 Å². The van der Waals surface area contributed by atoms with Gasteiger partial charge in [-0.25, -0.2) is 4.98 Å². The number of benzene rings is 2. The van der Waals surface area contributed by atoms with Crippen LogP contribution < -0.4 is 14.8 Å². The van der Waals surface area contributed by atoms with Crippen molar-refractivity contribution in [3.05, 3.63) is 60.2 Å². The molecule has 0 bridgehead atoms. The fraction of sp³-hybridized carbons (Fsp3) is 0.333. The van der Waals surface area contributed by atoms with Crippen molar-refractivity contribution < 1.29 is 14.3 Å². The van der Waals surface area contributed by atoms with Crippen molar-refractivity contribution in [3.8, 4) is 17.4 Å². The van der Waals surface area contributed by atoms with Crippen LogP contribution in [0.1, 0.15) is 44.7 Å². The number of amides is 1. The molecule has 0 aliphatic heterocycles. The maximum atomic E-state index is 11.6. The van der Waals surface area contributed by atoms with Crippen molar-refractivity contribution in [1.29, 1.82) is 0 Å². The Hall–Kier alpha value is -3.08. The van der Waals surface area contributed by atoms with Crippen LogP contribution in [0.25, 0.3) is 10.9 Å². The molecule has 1 unspecified atom stereocenters. The van der Waals surface area contributed by atoms with Gasteiger partial charge in [-0.05, 0) is 73.7 Å². The second-order valence-corrected chi connectivity index (χ2v) is 7.57. The topological polar surface area (TPSA) is 60.5 Å². The fourth-order valence-electron chi connectivity index (χ4n) is 3.10. The van der Waals surface area contributed by atoms with Crippen molar-refractivity contribution in [2.75, 3.05) is 6.61 Å². The second-order valence-electron chi connectivity index (χ2n) is 7.57. The Morgan fingerprint density at radius 2 is 1.86 bits per heavy atom. The predicted molar refractivity (Wildman–Crippen MR) is 113 cm³/mol. The van der Waals surface area contributed by atoms with E-state index in [9.17, 15) is 4.79 Å². The van der Waals surface area contributed by atoms with Crippen molar-refractivity contribution in [1.82, 2.24) is 10.3 Å². The van der Waals surface area contributed by atoms with Gasteiger partial charge in [-0.15, -0.1) is 0 Å². The molecule has 5 heteroatoms. The van der Waals surface area contributed by atoms with E-state index in [0.717, 1.165) is 40.5 Å². The number of rotatable bonds is 8.